The van der Waals surface area contributed by atoms with Crippen LogP contribution < -0.4 is 0 Å². The van der Waals surface area contributed by atoms with E-state index in [1.165, 1.54) is 23.4 Å². The van der Waals surface area contributed by atoms with Gasteiger partial charge in [-0.25, -0.2) is 8.42 Å². The van der Waals surface area contributed by atoms with Crippen LogP contribution in [0.4, 0.5) is 13.2 Å². The number of hydrogen-bond acceptors (Lipinski definition) is 2. The van der Waals surface area contributed by atoms with Gasteiger partial charge in [0.25, 0.3) is 0 Å². The quantitative estimate of drug-likeness (QED) is 0.838. The summed E-state index contributed by atoms with van der Waals surface area (Å²) < 4.78 is 65.8. The van der Waals surface area contributed by atoms with Crippen molar-refractivity contribution in [3.05, 3.63) is 29.3 Å². The fraction of sp³-hybridized carbons (Fsp3) is 0.600. The highest BCUT2D eigenvalue weighted by atomic mass is 32.2. The normalized spacial score (nSPS) is 21.0. The molecule has 0 N–H and O–H groups in total. The van der Waals surface area contributed by atoms with E-state index in [-0.39, 0.29) is 16.5 Å². The third-order valence-corrected chi connectivity index (χ3v) is 6.11. The Bertz CT molecular complexity index is 641. The summed E-state index contributed by atoms with van der Waals surface area (Å²) in [4.78, 5) is -0.272. The lowest BCUT2D eigenvalue weighted by Crippen LogP contribution is -2.43. The highest BCUT2D eigenvalue weighted by Crippen LogP contribution is 2.35. The summed E-state index contributed by atoms with van der Waals surface area (Å²) in [5.41, 5.74) is -0.865. The summed E-state index contributed by atoms with van der Waals surface area (Å²) in [5, 5.41) is 0. The van der Waals surface area contributed by atoms with Crippen LogP contribution in [0.5, 0.6) is 0 Å². The molecule has 2 rings (SSSR count). The SMILES string of the molecule is CCC1CCCCN1S(=O)(=O)c1ccc(C)c(C(F)(F)F)c1. The Balaban J connectivity index is 2.45. The van der Waals surface area contributed by atoms with E-state index in [4.69, 9.17) is 0 Å². The van der Waals surface area contributed by atoms with Gasteiger partial charge in [0.05, 0.1) is 10.5 Å². The molecule has 1 atom stereocenters. The smallest absolute Gasteiger partial charge is 0.207 e. The number of piperidine rings is 1. The molecule has 1 unspecified atom stereocenters. The number of nitrogens with zero attached hydrogens (tertiary/aromatic N) is 1. The van der Waals surface area contributed by atoms with E-state index in [0.717, 1.165) is 25.3 Å². The first-order valence-electron chi connectivity index (χ1n) is 7.37. The highest BCUT2D eigenvalue weighted by Gasteiger charge is 2.36. The maximum absolute atomic E-state index is 13.0. The molecular weight excluding hydrogens is 315 g/mol. The van der Waals surface area contributed by atoms with Gasteiger partial charge in [-0.15, -0.1) is 0 Å². The fourth-order valence-corrected chi connectivity index (χ4v) is 4.69. The third kappa shape index (κ3) is 3.30. The molecule has 7 heteroatoms. The summed E-state index contributed by atoms with van der Waals surface area (Å²) in [7, 11) is -3.89. The summed E-state index contributed by atoms with van der Waals surface area (Å²) in [6.45, 7) is 3.60. The first-order valence-corrected chi connectivity index (χ1v) is 8.81. The van der Waals surface area contributed by atoms with E-state index in [1.54, 1.807) is 0 Å². The van der Waals surface area contributed by atoms with Crippen molar-refractivity contribution in [2.75, 3.05) is 6.54 Å². The molecule has 1 aromatic carbocycles. The summed E-state index contributed by atoms with van der Waals surface area (Å²) in [6, 6.07) is 3.11. The zero-order chi connectivity index (χ0) is 16.5. The number of benzene rings is 1. The number of aryl methyl sites for hydroxylation is 1. The van der Waals surface area contributed by atoms with Crippen LogP contribution in [0.15, 0.2) is 23.1 Å². The largest absolute Gasteiger partial charge is 0.416 e. The van der Waals surface area contributed by atoms with Crippen molar-refractivity contribution in [1.29, 1.82) is 0 Å². The molecule has 1 heterocycles. The van der Waals surface area contributed by atoms with Gasteiger partial charge >= 0.3 is 6.18 Å². The molecule has 0 radical (unpaired) electrons. The molecule has 0 spiro atoms. The van der Waals surface area contributed by atoms with Crippen molar-refractivity contribution >= 4 is 10.0 Å². The Hall–Kier alpha value is -1.08. The molecule has 0 bridgehead atoms. The number of hydrogen-bond donors (Lipinski definition) is 0. The lowest BCUT2D eigenvalue weighted by Gasteiger charge is -2.34. The first kappa shape index (κ1) is 17.3. The zero-order valence-electron chi connectivity index (χ0n) is 12.7. The fourth-order valence-electron chi connectivity index (χ4n) is 2.90. The molecule has 0 amide bonds. The maximum Gasteiger partial charge on any atom is 0.416 e. The molecule has 1 saturated heterocycles. The molecule has 1 aromatic rings. The van der Waals surface area contributed by atoms with E-state index in [0.29, 0.717) is 13.0 Å². The van der Waals surface area contributed by atoms with Gasteiger partial charge in [-0.2, -0.15) is 17.5 Å². The van der Waals surface area contributed by atoms with Crippen LogP contribution >= 0.6 is 0 Å². The topological polar surface area (TPSA) is 37.4 Å². The summed E-state index contributed by atoms with van der Waals surface area (Å²) in [5.74, 6) is 0. The van der Waals surface area contributed by atoms with Crippen LogP contribution in [0.25, 0.3) is 0 Å². The van der Waals surface area contributed by atoms with E-state index in [2.05, 4.69) is 0 Å². The molecule has 3 nitrogen and oxygen atoms in total. The van der Waals surface area contributed by atoms with E-state index in [1.807, 2.05) is 6.92 Å². The van der Waals surface area contributed by atoms with Crippen LogP contribution in [0.2, 0.25) is 0 Å². The van der Waals surface area contributed by atoms with Gasteiger partial charge in [0.2, 0.25) is 10.0 Å². The monoisotopic (exact) mass is 335 g/mol. The predicted octanol–water partition coefficient (Wildman–Crippen LogP) is 3.97. The molecular formula is C15H20F3NO2S. The number of halogens is 3. The van der Waals surface area contributed by atoms with Crippen molar-refractivity contribution < 1.29 is 21.6 Å². The van der Waals surface area contributed by atoms with Crippen LogP contribution in [0.3, 0.4) is 0 Å². The van der Waals surface area contributed by atoms with E-state index < -0.39 is 21.8 Å². The van der Waals surface area contributed by atoms with Crippen LogP contribution in [-0.2, 0) is 16.2 Å². The molecule has 1 aliphatic heterocycles. The van der Waals surface area contributed by atoms with E-state index in [9.17, 15) is 21.6 Å². The maximum atomic E-state index is 13.0. The molecule has 22 heavy (non-hydrogen) atoms. The molecule has 0 aromatic heterocycles. The van der Waals surface area contributed by atoms with Crippen molar-refractivity contribution in [2.24, 2.45) is 0 Å². The standard InChI is InChI=1S/C15H20F3NO2S/c1-3-12-6-4-5-9-19(12)22(20,21)13-8-7-11(2)14(10-13)15(16,17)18/h7-8,10,12H,3-6,9H2,1-2H3. The molecule has 0 saturated carbocycles. The highest BCUT2D eigenvalue weighted by molar-refractivity contribution is 7.89. The van der Waals surface area contributed by atoms with Crippen LogP contribution in [-0.4, -0.2) is 25.3 Å². The minimum Gasteiger partial charge on any atom is -0.207 e. The van der Waals surface area contributed by atoms with Crippen molar-refractivity contribution in [1.82, 2.24) is 4.31 Å². The molecule has 124 valence electrons. The second-order valence-corrected chi connectivity index (χ2v) is 7.54. The minimum absolute atomic E-state index is 0.0251. The molecule has 1 fully saturated rings. The summed E-state index contributed by atoms with van der Waals surface area (Å²) >= 11 is 0. The van der Waals surface area contributed by atoms with Crippen molar-refractivity contribution in [3.63, 3.8) is 0 Å². The Morgan fingerprint density at radius 2 is 1.95 bits per heavy atom. The molecule has 0 aliphatic carbocycles. The lowest BCUT2D eigenvalue weighted by molar-refractivity contribution is -0.138. The summed E-state index contributed by atoms with van der Waals surface area (Å²) in [6.07, 6.45) is -1.44. The van der Waals surface area contributed by atoms with E-state index >= 15 is 0 Å². The average Bonchev–Trinajstić information content (AvgIpc) is 2.46. The third-order valence-electron chi connectivity index (χ3n) is 4.17. The van der Waals surface area contributed by atoms with Crippen LogP contribution in [0.1, 0.15) is 43.7 Å². The van der Waals surface area contributed by atoms with Crippen LogP contribution in [0, 0.1) is 6.92 Å². The number of sulfonamides is 1. The van der Waals surface area contributed by atoms with Gasteiger partial charge in [0.15, 0.2) is 0 Å². The number of rotatable bonds is 3. The van der Waals surface area contributed by atoms with Gasteiger partial charge in [0.1, 0.15) is 0 Å². The van der Waals surface area contributed by atoms with Crippen molar-refractivity contribution in [3.8, 4) is 0 Å². The zero-order valence-corrected chi connectivity index (χ0v) is 13.5. The second kappa shape index (κ2) is 6.20. The predicted molar refractivity (Wildman–Crippen MR) is 78.0 cm³/mol. The number of alkyl halides is 3. The lowest BCUT2D eigenvalue weighted by atomic mass is 10.0. The van der Waals surface area contributed by atoms with Gasteiger partial charge in [-0.05, 0) is 43.9 Å². The van der Waals surface area contributed by atoms with Gasteiger partial charge in [-0.1, -0.05) is 19.4 Å². The Morgan fingerprint density at radius 3 is 2.55 bits per heavy atom. The van der Waals surface area contributed by atoms with Gasteiger partial charge in [0, 0.05) is 12.6 Å². The molecule has 1 aliphatic rings. The first-order chi connectivity index (χ1) is 10.2. The van der Waals surface area contributed by atoms with Gasteiger partial charge in [-0.3, -0.25) is 0 Å². The van der Waals surface area contributed by atoms with Gasteiger partial charge < -0.3 is 0 Å². The second-order valence-electron chi connectivity index (χ2n) is 5.65. The average molecular weight is 335 g/mol. The minimum atomic E-state index is -4.55. The van der Waals surface area contributed by atoms with Crippen molar-refractivity contribution in [2.45, 2.75) is 56.6 Å². The Morgan fingerprint density at radius 1 is 1.27 bits per heavy atom. The Kier molecular flexibility index (Phi) is 4.87. The Labute approximate surface area is 129 Å².